The van der Waals surface area contributed by atoms with Crippen LogP contribution in [0.4, 0.5) is 18.4 Å². The first-order valence-electron chi connectivity index (χ1n) is 8.35. The Balaban J connectivity index is 2.93. The van der Waals surface area contributed by atoms with Gasteiger partial charge in [-0.05, 0) is 48.0 Å². The van der Waals surface area contributed by atoms with Gasteiger partial charge in [-0.2, -0.15) is 0 Å². The molecule has 1 aliphatic rings. The number of carbonyl (C=O) groups is 2. The van der Waals surface area contributed by atoms with Gasteiger partial charge >= 0.3 is 12.2 Å². The summed E-state index contributed by atoms with van der Waals surface area (Å²) in [4.78, 5) is 25.1. The average molecular weight is 381 g/mol. The molecule has 0 spiro atoms. The lowest BCUT2D eigenvalue weighted by Gasteiger charge is -2.32. The first-order valence-corrected chi connectivity index (χ1v) is 8.35. The number of ether oxygens (including phenoxy) is 3. The van der Waals surface area contributed by atoms with Crippen molar-refractivity contribution in [3.8, 4) is 0 Å². The SMILES string of the molecule is CN(C(=O)OC(C)(C)C)C1(COC(=O)OC(C)(C)C)CC1C(F)(F)CO. The number of hydrogen-bond donors (Lipinski definition) is 1. The molecule has 0 radical (unpaired) electrons. The third-order valence-electron chi connectivity index (χ3n) is 3.93. The summed E-state index contributed by atoms with van der Waals surface area (Å²) in [7, 11) is 1.31. The Morgan fingerprint density at radius 2 is 1.62 bits per heavy atom. The minimum absolute atomic E-state index is 0.140. The van der Waals surface area contributed by atoms with E-state index in [0.29, 0.717) is 0 Å². The van der Waals surface area contributed by atoms with Crippen molar-refractivity contribution in [2.75, 3.05) is 20.3 Å². The molecule has 2 unspecified atom stereocenters. The summed E-state index contributed by atoms with van der Waals surface area (Å²) in [5.41, 5.74) is -3.09. The summed E-state index contributed by atoms with van der Waals surface area (Å²) in [5, 5.41) is 8.96. The van der Waals surface area contributed by atoms with Crippen LogP contribution in [0.2, 0.25) is 0 Å². The number of hydrogen-bond acceptors (Lipinski definition) is 6. The lowest BCUT2D eigenvalue weighted by atomic mass is 10.1. The highest BCUT2D eigenvalue weighted by molar-refractivity contribution is 5.70. The Hall–Kier alpha value is -1.64. The van der Waals surface area contributed by atoms with E-state index in [9.17, 15) is 18.4 Å². The van der Waals surface area contributed by atoms with Crippen LogP contribution in [-0.2, 0) is 14.2 Å². The smallest absolute Gasteiger partial charge is 0.444 e. The molecular weight excluding hydrogens is 352 g/mol. The van der Waals surface area contributed by atoms with Crippen LogP contribution >= 0.6 is 0 Å². The van der Waals surface area contributed by atoms with Gasteiger partial charge in [-0.25, -0.2) is 18.4 Å². The van der Waals surface area contributed by atoms with Crippen molar-refractivity contribution in [2.45, 2.75) is 70.6 Å². The molecule has 0 heterocycles. The van der Waals surface area contributed by atoms with Gasteiger partial charge in [-0.15, -0.1) is 0 Å². The monoisotopic (exact) mass is 381 g/mol. The summed E-state index contributed by atoms with van der Waals surface area (Å²) in [5.74, 6) is -4.78. The molecule has 1 fully saturated rings. The van der Waals surface area contributed by atoms with Gasteiger partial charge in [0.25, 0.3) is 5.92 Å². The molecule has 0 aromatic rings. The topological polar surface area (TPSA) is 85.3 Å². The third kappa shape index (κ3) is 5.69. The Morgan fingerprint density at radius 3 is 2.04 bits per heavy atom. The van der Waals surface area contributed by atoms with Gasteiger partial charge < -0.3 is 24.2 Å². The number of alkyl halides is 2. The number of nitrogens with zero attached hydrogens (tertiary/aromatic N) is 1. The molecule has 0 aliphatic heterocycles. The molecule has 0 aromatic carbocycles. The number of aliphatic hydroxyl groups is 1. The number of halogens is 2. The molecule has 2 atom stereocenters. The van der Waals surface area contributed by atoms with Crippen LogP contribution in [0.1, 0.15) is 48.0 Å². The summed E-state index contributed by atoms with van der Waals surface area (Å²) in [6.07, 6.45) is -1.98. The second-order valence-electron chi connectivity index (χ2n) is 8.57. The van der Waals surface area contributed by atoms with Gasteiger partial charge in [-0.3, -0.25) is 0 Å². The number of likely N-dealkylation sites (N-methyl/N-ethyl adjacent to an activating group) is 1. The standard InChI is InChI=1S/C17H29F2NO6/c1-14(2,3)25-12(22)20(7)16(8-11(16)17(18,19)9-21)10-24-13(23)26-15(4,5)6/h11,21H,8-10H2,1-7H3. The fourth-order valence-corrected chi connectivity index (χ4v) is 2.55. The van der Waals surface area contributed by atoms with E-state index < -0.39 is 54.0 Å². The lowest BCUT2D eigenvalue weighted by Crippen LogP contribution is -2.49. The normalized spacial score (nSPS) is 23.2. The van der Waals surface area contributed by atoms with E-state index in [1.165, 1.54) is 7.05 Å². The fraction of sp³-hybridized carbons (Fsp3) is 0.882. The first-order chi connectivity index (χ1) is 11.5. The molecule has 1 rings (SSSR count). The molecule has 1 saturated carbocycles. The highest BCUT2D eigenvalue weighted by atomic mass is 19.3. The van der Waals surface area contributed by atoms with Gasteiger partial charge in [0, 0.05) is 7.05 Å². The fourth-order valence-electron chi connectivity index (χ4n) is 2.55. The quantitative estimate of drug-likeness (QED) is 0.736. The Bertz CT molecular complexity index is 540. The van der Waals surface area contributed by atoms with Crippen LogP contribution in [0.15, 0.2) is 0 Å². The Labute approximate surface area is 152 Å². The van der Waals surface area contributed by atoms with Crippen LogP contribution in [0.5, 0.6) is 0 Å². The van der Waals surface area contributed by atoms with E-state index in [4.69, 9.17) is 19.3 Å². The number of amides is 1. The van der Waals surface area contributed by atoms with Crippen LogP contribution in [0.3, 0.4) is 0 Å². The van der Waals surface area contributed by atoms with Crippen molar-refractivity contribution >= 4 is 12.2 Å². The zero-order valence-corrected chi connectivity index (χ0v) is 16.4. The molecule has 9 heteroatoms. The van der Waals surface area contributed by atoms with Gasteiger partial charge in [0.15, 0.2) is 0 Å². The third-order valence-corrected chi connectivity index (χ3v) is 3.93. The van der Waals surface area contributed by atoms with E-state index in [2.05, 4.69) is 0 Å². The lowest BCUT2D eigenvalue weighted by molar-refractivity contribution is -0.0897. The van der Waals surface area contributed by atoms with Crippen molar-refractivity contribution in [1.29, 1.82) is 0 Å². The summed E-state index contributed by atoms with van der Waals surface area (Å²) in [6.45, 7) is 8.00. The van der Waals surface area contributed by atoms with Gasteiger partial charge in [0.05, 0.1) is 11.5 Å². The zero-order chi connectivity index (χ0) is 20.6. The Morgan fingerprint density at radius 1 is 1.12 bits per heavy atom. The van der Waals surface area contributed by atoms with Crippen LogP contribution in [-0.4, -0.2) is 65.2 Å². The van der Waals surface area contributed by atoms with Crippen molar-refractivity contribution < 1.29 is 37.7 Å². The molecule has 0 saturated heterocycles. The molecule has 26 heavy (non-hydrogen) atoms. The van der Waals surface area contributed by atoms with E-state index in [-0.39, 0.29) is 6.42 Å². The molecule has 0 bridgehead atoms. The second kappa shape index (κ2) is 7.17. The van der Waals surface area contributed by atoms with E-state index in [1.54, 1.807) is 41.5 Å². The van der Waals surface area contributed by atoms with Gasteiger partial charge in [-0.1, -0.05) is 0 Å². The highest BCUT2D eigenvalue weighted by Gasteiger charge is 2.69. The van der Waals surface area contributed by atoms with Crippen LogP contribution in [0.25, 0.3) is 0 Å². The minimum atomic E-state index is -3.42. The maximum absolute atomic E-state index is 14.0. The maximum atomic E-state index is 14.0. The molecule has 1 aliphatic carbocycles. The molecular formula is C17H29F2NO6. The largest absolute Gasteiger partial charge is 0.508 e. The van der Waals surface area contributed by atoms with Crippen molar-refractivity contribution in [3.05, 3.63) is 0 Å². The van der Waals surface area contributed by atoms with E-state index >= 15 is 0 Å². The number of carbonyl (C=O) groups excluding carboxylic acids is 2. The van der Waals surface area contributed by atoms with E-state index in [0.717, 1.165) is 4.90 Å². The van der Waals surface area contributed by atoms with Crippen molar-refractivity contribution in [3.63, 3.8) is 0 Å². The average Bonchev–Trinajstić information content (AvgIpc) is 3.17. The zero-order valence-electron chi connectivity index (χ0n) is 16.4. The van der Waals surface area contributed by atoms with Gasteiger partial charge in [0.1, 0.15) is 24.4 Å². The highest BCUT2D eigenvalue weighted by Crippen LogP contribution is 2.56. The first kappa shape index (κ1) is 22.4. The second-order valence-corrected chi connectivity index (χ2v) is 8.57. The Kier molecular flexibility index (Phi) is 6.18. The van der Waals surface area contributed by atoms with Crippen LogP contribution in [0, 0.1) is 5.92 Å². The summed E-state index contributed by atoms with van der Waals surface area (Å²) < 4.78 is 43.2. The molecule has 152 valence electrons. The van der Waals surface area contributed by atoms with Crippen molar-refractivity contribution in [1.82, 2.24) is 4.90 Å². The molecule has 1 amide bonds. The predicted octanol–water partition coefficient (Wildman–Crippen LogP) is 3.19. The molecule has 1 N–H and O–H groups in total. The van der Waals surface area contributed by atoms with Crippen molar-refractivity contribution in [2.24, 2.45) is 5.92 Å². The van der Waals surface area contributed by atoms with E-state index in [1.807, 2.05) is 0 Å². The maximum Gasteiger partial charge on any atom is 0.508 e. The summed E-state index contributed by atoms with van der Waals surface area (Å²) in [6, 6.07) is 0. The predicted molar refractivity (Wildman–Crippen MR) is 89.1 cm³/mol. The number of aliphatic hydroxyl groups excluding tert-OH is 1. The minimum Gasteiger partial charge on any atom is -0.444 e. The van der Waals surface area contributed by atoms with Gasteiger partial charge in [0.2, 0.25) is 0 Å². The molecule has 7 nitrogen and oxygen atoms in total. The number of rotatable bonds is 5. The van der Waals surface area contributed by atoms with Crippen LogP contribution < -0.4 is 0 Å². The summed E-state index contributed by atoms with van der Waals surface area (Å²) >= 11 is 0. The molecule has 0 aromatic heterocycles.